The summed E-state index contributed by atoms with van der Waals surface area (Å²) in [7, 11) is 0. The van der Waals surface area contributed by atoms with Crippen molar-refractivity contribution in [2.75, 3.05) is 0 Å². The monoisotopic (exact) mass is 360 g/mol. The van der Waals surface area contributed by atoms with Crippen LogP contribution < -0.4 is 9.47 Å². The number of ether oxygens (including phenoxy) is 2. The molecule has 0 bridgehead atoms. The predicted octanol–water partition coefficient (Wildman–Crippen LogP) is 4.76. The van der Waals surface area contributed by atoms with Crippen LogP contribution in [-0.4, -0.2) is 12.1 Å². The molecule has 3 nitrogen and oxygen atoms in total. The third-order valence-electron chi connectivity index (χ3n) is 6.67. The van der Waals surface area contributed by atoms with Gasteiger partial charge in [-0.05, 0) is 52.7 Å². The van der Waals surface area contributed by atoms with Crippen LogP contribution in [-0.2, 0) is 15.6 Å². The molecule has 2 aromatic rings. The summed E-state index contributed by atoms with van der Waals surface area (Å²) in [5.74, 6) is 1.41. The SMILES string of the molecule is CC1=C[C@@]2(C)c3cc(C)cc(C)c3OC2[C@]12C(=O)Oc1c(C)cc(C)cc12. The van der Waals surface area contributed by atoms with Crippen molar-refractivity contribution in [1.29, 1.82) is 0 Å². The number of aryl methyl sites for hydroxylation is 4. The van der Waals surface area contributed by atoms with Gasteiger partial charge in [-0.3, -0.25) is 4.79 Å². The van der Waals surface area contributed by atoms with Gasteiger partial charge in [0.1, 0.15) is 17.6 Å². The molecule has 1 unspecified atom stereocenters. The van der Waals surface area contributed by atoms with E-state index in [9.17, 15) is 4.79 Å². The van der Waals surface area contributed by atoms with Gasteiger partial charge in [-0.25, -0.2) is 0 Å². The number of carbonyl (C=O) groups is 1. The lowest BCUT2D eigenvalue weighted by molar-refractivity contribution is -0.140. The molecule has 0 radical (unpaired) electrons. The Bertz CT molecular complexity index is 1080. The van der Waals surface area contributed by atoms with Crippen LogP contribution in [0.25, 0.3) is 0 Å². The minimum Gasteiger partial charge on any atom is -0.487 e. The standard InChI is InChI=1S/C24H24O3/c1-12-7-14(3)19-17(9-12)23(6)11-16(5)24(21(23)26-19)18-10-13(2)8-15(4)20(18)27-22(24)25/h7-11,21H,1-6H3/t21?,23-,24-/m0/s1. The number of fused-ring (bicyclic) bond motifs is 6. The number of esters is 1. The Morgan fingerprint density at radius 1 is 0.852 bits per heavy atom. The molecule has 3 aliphatic rings. The molecule has 0 aromatic heterocycles. The van der Waals surface area contributed by atoms with Gasteiger partial charge in [0.15, 0.2) is 5.41 Å². The molecule has 1 spiro atoms. The van der Waals surface area contributed by atoms with E-state index >= 15 is 0 Å². The van der Waals surface area contributed by atoms with E-state index in [-0.39, 0.29) is 17.5 Å². The van der Waals surface area contributed by atoms with Crippen molar-refractivity contribution in [2.24, 2.45) is 0 Å². The molecule has 27 heavy (non-hydrogen) atoms. The summed E-state index contributed by atoms with van der Waals surface area (Å²) in [6.45, 7) is 12.5. The number of benzene rings is 2. The minimum atomic E-state index is -0.875. The molecular formula is C24H24O3. The Balaban J connectivity index is 1.81. The molecule has 0 saturated carbocycles. The molecule has 0 fully saturated rings. The van der Waals surface area contributed by atoms with Crippen LogP contribution >= 0.6 is 0 Å². The van der Waals surface area contributed by atoms with Crippen LogP contribution in [0.3, 0.4) is 0 Å². The first-order chi connectivity index (χ1) is 12.7. The predicted molar refractivity (Wildman–Crippen MR) is 105 cm³/mol. The highest BCUT2D eigenvalue weighted by Gasteiger charge is 2.68. The quantitative estimate of drug-likeness (QED) is 0.386. The Labute approximate surface area is 160 Å². The molecular weight excluding hydrogens is 336 g/mol. The summed E-state index contributed by atoms with van der Waals surface area (Å²) in [6, 6.07) is 8.51. The smallest absolute Gasteiger partial charge is 0.330 e. The van der Waals surface area contributed by atoms with Crippen molar-refractivity contribution in [1.82, 2.24) is 0 Å². The van der Waals surface area contributed by atoms with Crippen molar-refractivity contribution in [2.45, 2.75) is 58.5 Å². The Hall–Kier alpha value is -2.55. The molecule has 2 aliphatic heterocycles. The zero-order chi connectivity index (χ0) is 19.3. The molecule has 2 aromatic carbocycles. The number of rotatable bonds is 0. The van der Waals surface area contributed by atoms with Gasteiger partial charge in [0, 0.05) is 11.1 Å². The maximum atomic E-state index is 13.4. The van der Waals surface area contributed by atoms with E-state index in [0.29, 0.717) is 5.75 Å². The van der Waals surface area contributed by atoms with Crippen LogP contribution in [0.2, 0.25) is 0 Å². The third-order valence-corrected chi connectivity index (χ3v) is 6.67. The molecule has 2 heterocycles. The van der Waals surface area contributed by atoms with Gasteiger partial charge in [-0.15, -0.1) is 0 Å². The molecule has 3 atom stereocenters. The van der Waals surface area contributed by atoms with Gasteiger partial charge in [-0.2, -0.15) is 0 Å². The van der Waals surface area contributed by atoms with Crippen LogP contribution in [0, 0.1) is 27.7 Å². The van der Waals surface area contributed by atoms with Crippen LogP contribution in [0.15, 0.2) is 35.9 Å². The van der Waals surface area contributed by atoms with Gasteiger partial charge >= 0.3 is 5.97 Å². The second kappa shape index (κ2) is 4.83. The van der Waals surface area contributed by atoms with Gasteiger partial charge in [-0.1, -0.05) is 47.0 Å². The molecule has 138 valence electrons. The fraction of sp³-hybridized carbons (Fsp3) is 0.375. The third kappa shape index (κ3) is 1.75. The first-order valence-electron chi connectivity index (χ1n) is 9.52. The minimum absolute atomic E-state index is 0.212. The zero-order valence-corrected chi connectivity index (χ0v) is 16.7. The summed E-state index contributed by atoms with van der Waals surface area (Å²) in [6.07, 6.45) is 1.91. The van der Waals surface area contributed by atoms with Gasteiger partial charge in [0.2, 0.25) is 0 Å². The second-order valence-corrected chi connectivity index (χ2v) is 8.72. The number of hydrogen-bond donors (Lipinski definition) is 0. The highest BCUT2D eigenvalue weighted by Crippen LogP contribution is 2.62. The fourth-order valence-corrected chi connectivity index (χ4v) is 5.64. The van der Waals surface area contributed by atoms with Crippen molar-refractivity contribution < 1.29 is 14.3 Å². The topological polar surface area (TPSA) is 35.5 Å². The number of carbonyl (C=O) groups excluding carboxylic acids is 1. The lowest BCUT2D eigenvalue weighted by atomic mass is 9.68. The first-order valence-corrected chi connectivity index (χ1v) is 9.52. The fourth-order valence-electron chi connectivity index (χ4n) is 5.64. The Morgan fingerprint density at radius 3 is 2.11 bits per heavy atom. The van der Waals surface area contributed by atoms with Crippen molar-refractivity contribution in [3.05, 3.63) is 69.3 Å². The zero-order valence-electron chi connectivity index (χ0n) is 16.7. The summed E-state index contributed by atoms with van der Waals surface area (Å²) < 4.78 is 12.4. The highest BCUT2D eigenvalue weighted by molar-refractivity contribution is 5.97. The molecule has 0 amide bonds. The lowest BCUT2D eigenvalue weighted by Crippen LogP contribution is -2.50. The Kier molecular flexibility index (Phi) is 2.97. The highest BCUT2D eigenvalue weighted by atomic mass is 16.6. The summed E-state index contributed by atoms with van der Waals surface area (Å²) in [4.78, 5) is 13.4. The van der Waals surface area contributed by atoms with Crippen LogP contribution in [0.1, 0.15) is 47.2 Å². The molecule has 1 aliphatic carbocycles. The maximum Gasteiger partial charge on any atom is 0.330 e. The first kappa shape index (κ1) is 16.6. The van der Waals surface area contributed by atoms with E-state index in [1.807, 2.05) is 13.8 Å². The number of hydrogen-bond acceptors (Lipinski definition) is 3. The van der Waals surface area contributed by atoms with Crippen molar-refractivity contribution in [3.63, 3.8) is 0 Å². The molecule has 3 heteroatoms. The van der Waals surface area contributed by atoms with Crippen molar-refractivity contribution in [3.8, 4) is 11.5 Å². The summed E-state index contributed by atoms with van der Waals surface area (Å²) >= 11 is 0. The van der Waals surface area contributed by atoms with E-state index in [1.54, 1.807) is 0 Å². The largest absolute Gasteiger partial charge is 0.487 e. The average Bonchev–Trinajstić information content (AvgIpc) is 3.09. The molecule has 0 N–H and O–H groups in total. The van der Waals surface area contributed by atoms with Crippen molar-refractivity contribution >= 4 is 5.97 Å². The maximum absolute atomic E-state index is 13.4. The van der Waals surface area contributed by atoms with E-state index < -0.39 is 5.41 Å². The van der Waals surface area contributed by atoms with Gasteiger partial charge < -0.3 is 9.47 Å². The second-order valence-electron chi connectivity index (χ2n) is 8.72. The van der Waals surface area contributed by atoms with Crippen LogP contribution in [0.5, 0.6) is 11.5 Å². The van der Waals surface area contributed by atoms with Gasteiger partial charge in [0.25, 0.3) is 0 Å². The van der Waals surface area contributed by atoms with Crippen LogP contribution in [0.4, 0.5) is 0 Å². The Morgan fingerprint density at radius 2 is 1.44 bits per heavy atom. The summed E-state index contributed by atoms with van der Waals surface area (Å²) in [5, 5.41) is 0. The average molecular weight is 360 g/mol. The lowest BCUT2D eigenvalue weighted by Gasteiger charge is -2.33. The van der Waals surface area contributed by atoms with E-state index in [0.717, 1.165) is 33.6 Å². The molecule has 5 rings (SSSR count). The van der Waals surface area contributed by atoms with E-state index in [4.69, 9.17) is 9.47 Å². The van der Waals surface area contributed by atoms with E-state index in [1.165, 1.54) is 11.1 Å². The molecule has 0 saturated heterocycles. The van der Waals surface area contributed by atoms with E-state index in [2.05, 4.69) is 58.0 Å². The van der Waals surface area contributed by atoms with Gasteiger partial charge in [0.05, 0.1) is 5.41 Å². The summed E-state index contributed by atoms with van der Waals surface area (Å²) in [5.41, 5.74) is 6.38. The normalized spacial score (nSPS) is 29.9.